The predicted octanol–water partition coefficient (Wildman–Crippen LogP) is 8.72. The van der Waals surface area contributed by atoms with Crippen molar-refractivity contribution in [2.75, 3.05) is 0 Å². The predicted molar refractivity (Wildman–Crippen MR) is 179 cm³/mol. The van der Waals surface area contributed by atoms with E-state index in [0.717, 1.165) is 78.5 Å². The van der Waals surface area contributed by atoms with Gasteiger partial charge in [0.2, 0.25) is 12.0 Å². The van der Waals surface area contributed by atoms with Gasteiger partial charge in [-0.1, -0.05) is 113 Å². The van der Waals surface area contributed by atoms with Gasteiger partial charge in [0.15, 0.2) is 0 Å². The number of carboxylic acids is 1. The van der Waals surface area contributed by atoms with Gasteiger partial charge in [-0.15, -0.1) is 0 Å². The molecule has 6 nitrogen and oxygen atoms in total. The summed E-state index contributed by atoms with van der Waals surface area (Å²) >= 11 is 0. The van der Waals surface area contributed by atoms with Crippen LogP contribution in [0.5, 0.6) is 11.6 Å². The van der Waals surface area contributed by atoms with E-state index in [9.17, 15) is 9.90 Å². The van der Waals surface area contributed by atoms with Gasteiger partial charge in [-0.3, -0.25) is 0 Å². The van der Waals surface area contributed by atoms with Crippen LogP contribution in [-0.2, 0) is 37.1 Å². The van der Waals surface area contributed by atoms with Gasteiger partial charge in [0.05, 0.1) is 5.69 Å². The lowest BCUT2D eigenvalue weighted by molar-refractivity contribution is -0.143. The van der Waals surface area contributed by atoms with Crippen molar-refractivity contribution in [2.45, 2.75) is 98.7 Å². The third-order valence-electron chi connectivity index (χ3n) is 7.40. The fraction of sp³-hybridized carbons (Fsp3) is 0.395. The van der Waals surface area contributed by atoms with Crippen molar-refractivity contribution in [3.63, 3.8) is 0 Å². The molecule has 234 valence electrons. The Balaban J connectivity index is 2.10. The molecule has 1 unspecified atom stereocenters. The third-order valence-corrected chi connectivity index (χ3v) is 7.40. The number of hydrogen-bond acceptors (Lipinski definition) is 5. The number of aliphatic carboxylic acids is 1. The van der Waals surface area contributed by atoms with Crippen molar-refractivity contribution in [3.05, 3.63) is 118 Å². The zero-order valence-electron chi connectivity index (χ0n) is 27.1. The Morgan fingerprint density at radius 1 is 0.977 bits per heavy atom. The first kappa shape index (κ1) is 34.3. The van der Waals surface area contributed by atoms with Gasteiger partial charge in [-0.05, 0) is 67.4 Å². The SMILES string of the molecule is C=C/C=C\C(=C/C)C(Oc1c(CCC)cc(Cc2c(CCCC)nc(C)nc2OCc2ccccc2)cc1CCC)C(=O)O. The Hall–Kier alpha value is -4.19. The minimum absolute atomic E-state index is 0.427. The fourth-order valence-electron chi connectivity index (χ4n) is 5.29. The molecule has 1 aromatic heterocycles. The topological polar surface area (TPSA) is 81.5 Å². The van der Waals surface area contributed by atoms with E-state index in [4.69, 9.17) is 19.4 Å². The molecule has 0 spiro atoms. The van der Waals surface area contributed by atoms with E-state index in [1.807, 2.05) is 32.0 Å². The first-order chi connectivity index (χ1) is 21.3. The van der Waals surface area contributed by atoms with Gasteiger partial charge < -0.3 is 14.6 Å². The second-order valence-electron chi connectivity index (χ2n) is 11.0. The summed E-state index contributed by atoms with van der Waals surface area (Å²) in [4.78, 5) is 22.0. The molecule has 1 N–H and O–H groups in total. The summed E-state index contributed by atoms with van der Waals surface area (Å²) in [5, 5.41) is 10.2. The van der Waals surface area contributed by atoms with Gasteiger partial charge in [0, 0.05) is 12.0 Å². The smallest absolute Gasteiger partial charge is 0.349 e. The molecule has 44 heavy (non-hydrogen) atoms. The number of aryl methyl sites for hydroxylation is 4. The van der Waals surface area contributed by atoms with Crippen LogP contribution in [-0.4, -0.2) is 27.1 Å². The maximum atomic E-state index is 12.4. The van der Waals surface area contributed by atoms with Crippen molar-refractivity contribution in [1.29, 1.82) is 0 Å². The quantitative estimate of drug-likeness (QED) is 0.148. The van der Waals surface area contributed by atoms with Crippen LogP contribution in [0.3, 0.4) is 0 Å². The molecule has 3 rings (SSSR count). The van der Waals surface area contributed by atoms with Crippen LogP contribution in [0.15, 0.2) is 78.9 Å². The Morgan fingerprint density at radius 3 is 2.23 bits per heavy atom. The zero-order valence-corrected chi connectivity index (χ0v) is 27.1. The van der Waals surface area contributed by atoms with Gasteiger partial charge in [-0.25, -0.2) is 9.78 Å². The molecule has 0 saturated carbocycles. The molecule has 2 aromatic carbocycles. The molecule has 6 heteroatoms. The van der Waals surface area contributed by atoms with Crippen molar-refractivity contribution >= 4 is 5.97 Å². The number of ether oxygens (including phenoxy) is 2. The summed E-state index contributed by atoms with van der Waals surface area (Å²) in [6.45, 7) is 14.3. The van der Waals surface area contributed by atoms with Crippen LogP contribution < -0.4 is 9.47 Å². The van der Waals surface area contributed by atoms with Crippen molar-refractivity contribution in [1.82, 2.24) is 9.97 Å². The average molecular weight is 597 g/mol. The summed E-state index contributed by atoms with van der Waals surface area (Å²) in [6.07, 6.45) is 12.6. The van der Waals surface area contributed by atoms with E-state index in [-0.39, 0.29) is 0 Å². The maximum absolute atomic E-state index is 12.4. The lowest BCUT2D eigenvalue weighted by Gasteiger charge is -2.23. The molecule has 1 atom stereocenters. The van der Waals surface area contributed by atoms with E-state index in [2.05, 4.69) is 51.6 Å². The number of carboxylic acid groups (broad SMARTS) is 1. The van der Waals surface area contributed by atoms with Gasteiger partial charge in [0.25, 0.3) is 0 Å². The minimum atomic E-state index is -1.13. The van der Waals surface area contributed by atoms with E-state index in [0.29, 0.717) is 36.1 Å². The van der Waals surface area contributed by atoms with E-state index >= 15 is 0 Å². The highest BCUT2D eigenvalue weighted by molar-refractivity contribution is 5.78. The lowest BCUT2D eigenvalue weighted by atomic mass is 9.93. The molecule has 0 bridgehead atoms. The van der Waals surface area contributed by atoms with Gasteiger partial charge >= 0.3 is 5.97 Å². The van der Waals surface area contributed by atoms with Crippen LogP contribution >= 0.6 is 0 Å². The number of unbranched alkanes of at least 4 members (excludes halogenated alkanes) is 1. The molecule has 3 aromatic rings. The first-order valence-corrected chi connectivity index (χ1v) is 15.9. The van der Waals surface area contributed by atoms with E-state index in [1.54, 1.807) is 24.3 Å². The number of hydrogen-bond donors (Lipinski definition) is 1. The molecule has 0 aliphatic carbocycles. The highest BCUT2D eigenvalue weighted by Crippen LogP contribution is 2.33. The molecule has 1 heterocycles. The van der Waals surface area contributed by atoms with Crippen molar-refractivity contribution in [3.8, 4) is 11.6 Å². The molecule has 0 amide bonds. The highest BCUT2D eigenvalue weighted by Gasteiger charge is 2.26. The summed E-state index contributed by atoms with van der Waals surface area (Å²) in [5.74, 6) is 0.969. The summed E-state index contributed by atoms with van der Waals surface area (Å²) in [6, 6.07) is 14.4. The van der Waals surface area contributed by atoms with Gasteiger partial charge in [0.1, 0.15) is 18.2 Å². The number of aromatic nitrogens is 2. The Bertz CT molecular complexity index is 1420. The number of carbonyl (C=O) groups is 1. The number of rotatable bonds is 18. The molecular formula is C38H48N2O4. The Kier molecular flexibility index (Phi) is 13.9. The summed E-state index contributed by atoms with van der Waals surface area (Å²) in [5.41, 5.74) is 6.82. The fourth-order valence-corrected chi connectivity index (χ4v) is 5.29. The van der Waals surface area contributed by atoms with Gasteiger partial charge in [-0.2, -0.15) is 4.98 Å². The van der Waals surface area contributed by atoms with Crippen LogP contribution in [0, 0.1) is 6.92 Å². The average Bonchev–Trinajstić information content (AvgIpc) is 3.01. The van der Waals surface area contributed by atoms with Crippen LogP contribution in [0.4, 0.5) is 0 Å². The van der Waals surface area contributed by atoms with Crippen LogP contribution in [0.2, 0.25) is 0 Å². The zero-order chi connectivity index (χ0) is 31.9. The first-order valence-electron chi connectivity index (χ1n) is 15.9. The highest BCUT2D eigenvalue weighted by atomic mass is 16.5. The third kappa shape index (κ3) is 9.66. The summed E-state index contributed by atoms with van der Waals surface area (Å²) < 4.78 is 12.8. The van der Waals surface area contributed by atoms with E-state index < -0.39 is 12.1 Å². The second kappa shape index (κ2) is 17.8. The molecular weight excluding hydrogens is 548 g/mol. The second-order valence-corrected chi connectivity index (χ2v) is 11.0. The number of nitrogens with zero attached hydrogens (tertiary/aromatic N) is 2. The monoisotopic (exact) mass is 596 g/mol. The Labute approximate surface area is 263 Å². The number of benzene rings is 2. The van der Waals surface area contributed by atoms with Crippen LogP contribution in [0.25, 0.3) is 0 Å². The molecule has 0 aliphatic rings. The molecule has 0 saturated heterocycles. The van der Waals surface area contributed by atoms with Crippen molar-refractivity contribution < 1.29 is 19.4 Å². The lowest BCUT2D eigenvalue weighted by Crippen LogP contribution is -2.29. The molecule has 0 aliphatic heterocycles. The number of allylic oxidation sites excluding steroid dienone is 3. The normalized spacial score (nSPS) is 12.3. The minimum Gasteiger partial charge on any atom is -0.478 e. The largest absolute Gasteiger partial charge is 0.478 e. The standard InChI is InChI=1S/C38H48N2O4/c1-7-12-21-30(11-5)36(38(41)42)44-35-31(17-9-3)23-29(24-32(35)18-10-4)25-33-34(22-13-8-2)39-27(6)40-37(33)43-26-28-19-15-14-16-20-28/h7,11-12,14-16,19-21,23-24,36H,1,8-10,13,17-18,22,25-26H2,2-6H3,(H,41,42)/b21-12-,30-11+. The molecule has 0 radical (unpaired) electrons. The maximum Gasteiger partial charge on any atom is 0.349 e. The summed E-state index contributed by atoms with van der Waals surface area (Å²) in [7, 11) is 0. The van der Waals surface area contributed by atoms with E-state index in [1.165, 1.54) is 0 Å². The Morgan fingerprint density at radius 2 is 1.66 bits per heavy atom. The van der Waals surface area contributed by atoms with Crippen LogP contribution in [0.1, 0.15) is 92.7 Å². The molecule has 0 fully saturated rings. The van der Waals surface area contributed by atoms with Crippen molar-refractivity contribution in [2.24, 2.45) is 0 Å².